The Bertz CT molecular complexity index is 1350. The summed E-state index contributed by atoms with van der Waals surface area (Å²) < 4.78 is 23.4. The van der Waals surface area contributed by atoms with Crippen molar-refractivity contribution in [2.75, 3.05) is 40.9 Å². The summed E-state index contributed by atoms with van der Waals surface area (Å²) in [6, 6.07) is -0.902. The lowest BCUT2D eigenvalue weighted by Crippen LogP contribution is -2.45. The molecule has 0 aliphatic heterocycles. The molecule has 0 aromatic heterocycles. The zero-order chi connectivity index (χ0) is 58.4. The van der Waals surface area contributed by atoms with Gasteiger partial charge in [-0.2, -0.15) is 0 Å². The first-order valence-electron chi connectivity index (χ1n) is 35.7. The molecule has 80 heavy (non-hydrogen) atoms. The lowest BCUT2D eigenvalue weighted by Gasteiger charge is -2.29. The van der Waals surface area contributed by atoms with E-state index < -0.39 is 20.0 Å². The van der Waals surface area contributed by atoms with Crippen LogP contribution < -0.4 is 10.2 Å². The van der Waals surface area contributed by atoms with Crippen molar-refractivity contribution in [3.63, 3.8) is 0 Å². The predicted molar refractivity (Wildman–Crippen MR) is 349 cm³/mol. The van der Waals surface area contributed by atoms with Gasteiger partial charge in [-0.05, 0) is 32.1 Å². The van der Waals surface area contributed by atoms with Crippen LogP contribution in [-0.4, -0.2) is 68.5 Å². The second kappa shape index (κ2) is 62.5. The Balaban J connectivity index is 4.01. The smallest absolute Gasteiger partial charge is 0.268 e. The van der Waals surface area contributed by atoms with Gasteiger partial charge in [0.1, 0.15) is 13.2 Å². The second-order valence-electron chi connectivity index (χ2n) is 25.9. The first kappa shape index (κ1) is 79.0. The first-order valence-corrected chi connectivity index (χ1v) is 37.2. The molecule has 476 valence electrons. The van der Waals surface area contributed by atoms with Gasteiger partial charge in [-0.1, -0.05) is 359 Å². The van der Waals surface area contributed by atoms with Crippen molar-refractivity contribution in [1.29, 1.82) is 0 Å². The van der Waals surface area contributed by atoms with Crippen LogP contribution in [-0.2, 0) is 18.4 Å². The van der Waals surface area contributed by atoms with Gasteiger partial charge < -0.3 is 28.8 Å². The number of amides is 1. The number of phosphoric ester groups is 1. The van der Waals surface area contributed by atoms with Crippen LogP contribution in [0.5, 0.6) is 0 Å². The summed E-state index contributed by atoms with van der Waals surface area (Å²) >= 11 is 0. The van der Waals surface area contributed by atoms with E-state index in [0.29, 0.717) is 17.4 Å². The van der Waals surface area contributed by atoms with Crippen LogP contribution in [0.2, 0.25) is 0 Å². The number of carbonyl (C=O) groups is 1. The summed E-state index contributed by atoms with van der Waals surface area (Å²) in [5.41, 5.74) is 0. The Morgan fingerprint density at radius 1 is 0.425 bits per heavy atom. The number of unbranched alkanes of at least 4 members (excludes halogenated alkanes) is 52. The van der Waals surface area contributed by atoms with Gasteiger partial charge in [0.2, 0.25) is 5.91 Å². The number of hydrogen-bond acceptors (Lipinski definition) is 6. The van der Waals surface area contributed by atoms with E-state index in [-0.39, 0.29) is 19.1 Å². The summed E-state index contributed by atoms with van der Waals surface area (Å²) in [4.78, 5) is 25.6. The molecule has 0 bridgehead atoms. The van der Waals surface area contributed by atoms with Crippen LogP contribution in [0.4, 0.5) is 0 Å². The third-order valence-electron chi connectivity index (χ3n) is 16.7. The standard InChI is InChI=1S/C71H141N2O6P/c1-6-8-10-12-14-16-18-20-22-24-26-28-30-32-33-34-35-36-37-38-39-40-41-43-45-47-49-51-53-55-57-59-61-63-65-71(75)72-69(68-79-80(76,77)78-67-66-73(3,4)5)70(74)64-62-60-58-56-54-52-50-48-46-44-42-31-29-27-25-23-21-19-17-15-13-11-9-7-2/h54,56,62,64,69-70,74H,6-53,55,57-61,63,65-68H2,1-5H3,(H-,72,75,76,77)/b56-54+,64-62+. The molecule has 3 unspecified atom stereocenters. The van der Waals surface area contributed by atoms with E-state index in [1.165, 1.54) is 315 Å². The molecule has 0 rings (SSSR count). The number of allylic oxidation sites excluding steroid dienone is 3. The van der Waals surface area contributed by atoms with Crippen LogP contribution in [0.3, 0.4) is 0 Å². The number of carbonyl (C=O) groups excluding carboxylic acids is 1. The molecule has 0 saturated carbocycles. The average molecular weight is 1150 g/mol. The van der Waals surface area contributed by atoms with Gasteiger partial charge in [0.05, 0.1) is 39.9 Å². The molecular formula is C71H141N2O6P. The van der Waals surface area contributed by atoms with E-state index in [1.54, 1.807) is 6.08 Å². The summed E-state index contributed by atoms with van der Waals surface area (Å²) in [5, 5.41) is 13.9. The van der Waals surface area contributed by atoms with E-state index in [4.69, 9.17) is 9.05 Å². The topological polar surface area (TPSA) is 108 Å². The molecule has 2 N–H and O–H groups in total. The molecule has 0 aliphatic carbocycles. The van der Waals surface area contributed by atoms with Crippen molar-refractivity contribution >= 4 is 13.7 Å². The minimum atomic E-state index is -4.61. The van der Waals surface area contributed by atoms with E-state index in [0.717, 1.165) is 38.5 Å². The maximum absolute atomic E-state index is 13.0. The summed E-state index contributed by atoms with van der Waals surface area (Å²) in [6.45, 7) is 4.70. The number of likely N-dealkylation sites (N-methyl/N-ethyl adjacent to an activating group) is 1. The highest BCUT2D eigenvalue weighted by atomic mass is 31.2. The Morgan fingerprint density at radius 2 is 0.700 bits per heavy atom. The van der Waals surface area contributed by atoms with Gasteiger partial charge in [-0.3, -0.25) is 9.36 Å². The second-order valence-corrected chi connectivity index (χ2v) is 27.4. The number of aliphatic hydroxyl groups excluding tert-OH is 1. The number of rotatable bonds is 67. The molecule has 0 radical (unpaired) electrons. The molecule has 1 amide bonds. The minimum absolute atomic E-state index is 0.00342. The zero-order valence-electron chi connectivity index (χ0n) is 54.6. The Labute approximate surface area is 500 Å². The molecule has 0 aromatic rings. The molecule has 0 aromatic carbocycles. The lowest BCUT2D eigenvalue weighted by atomic mass is 10.0. The van der Waals surface area contributed by atoms with Gasteiger partial charge in [0, 0.05) is 6.42 Å². The van der Waals surface area contributed by atoms with Crippen LogP contribution in [0.15, 0.2) is 24.3 Å². The summed E-state index contributed by atoms with van der Waals surface area (Å²) in [6.07, 6.45) is 81.8. The van der Waals surface area contributed by atoms with Crippen LogP contribution in [0, 0.1) is 0 Å². The largest absolute Gasteiger partial charge is 0.756 e. The van der Waals surface area contributed by atoms with Crippen molar-refractivity contribution in [1.82, 2.24) is 5.32 Å². The van der Waals surface area contributed by atoms with E-state index in [9.17, 15) is 19.4 Å². The average Bonchev–Trinajstić information content (AvgIpc) is 3.42. The van der Waals surface area contributed by atoms with Crippen molar-refractivity contribution < 1.29 is 32.9 Å². The van der Waals surface area contributed by atoms with Gasteiger partial charge in [0.15, 0.2) is 0 Å². The molecule has 8 nitrogen and oxygen atoms in total. The molecule has 3 atom stereocenters. The molecular weight excluding hydrogens is 1010 g/mol. The minimum Gasteiger partial charge on any atom is -0.756 e. The number of nitrogens with one attached hydrogen (secondary N) is 1. The monoisotopic (exact) mass is 1150 g/mol. The van der Waals surface area contributed by atoms with Gasteiger partial charge in [-0.15, -0.1) is 0 Å². The van der Waals surface area contributed by atoms with Crippen molar-refractivity contribution in [2.45, 2.75) is 386 Å². The van der Waals surface area contributed by atoms with Crippen molar-refractivity contribution in [3.05, 3.63) is 24.3 Å². The van der Waals surface area contributed by atoms with Gasteiger partial charge >= 0.3 is 0 Å². The molecule has 0 aliphatic rings. The quantitative estimate of drug-likeness (QED) is 0.0272. The number of quaternary nitrogens is 1. The highest BCUT2D eigenvalue weighted by molar-refractivity contribution is 7.45. The highest BCUT2D eigenvalue weighted by Gasteiger charge is 2.23. The maximum atomic E-state index is 13.0. The van der Waals surface area contributed by atoms with E-state index in [2.05, 4.69) is 31.3 Å². The Hall–Kier alpha value is -1.02. The number of hydrogen-bond donors (Lipinski definition) is 2. The normalized spacial score (nSPS) is 13.7. The van der Waals surface area contributed by atoms with Crippen LogP contribution in [0.25, 0.3) is 0 Å². The van der Waals surface area contributed by atoms with Gasteiger partial charge in [0.25, 0.3) is 7.82 Å². The number of aliphatic hydroxyl groups is 1. The van der Waals surface area contributed by atoms with Crippen LogP contribution in [0.1, 0.15) is 373 Å². The zero-order valence-corrected chi connectivity index (χ0v) is 55.5. The fourth-order valence-corrected chi connectivity index (χ4v) is 11.8. The fraction of sp³-hybridized carbons (Fsp3) is 0.930. The van der Waals surface area contributed by atoms with E-state index in [1.807, 2.05) is 27.2 Å². The number of phosphoric acid groups is 1. The third kappa shape index (κ3) is 64.5. The number of nitrogens with zero attached hydrogens (tertiary/aromatic N) is 1. The molecule has 0 saturated heterocycles. The third-order valence-corrected chi connectivity index (χ3v) is 17.6. The Kier molecular flexibility index (Phi) is 61.7. The summed E-state index contributed by atoms with van der Waals surface area (Å²) in [7, 11) is 1.26. The SMILES string of the molecule is CCCCCCCCCCCCCCCCCCCC/C=C/CC/C=C/C(O)C(COP(=O)([O-])OCC[N+](C)(C)C)NC(=O)CCCCCCCCCCCCCCCCCCCCCCCCCCCCCCCCCCCC. The molecule has 0 heterocycles. The molecule has 9 heteroatoms. The van der Waals surface area contributed by atoms with Crippen LogP contribution >= 0.6 is 7.82 Å². The summed E-state index contributed by atoms with van der Waals surface area (Å²) in [5.74, 6) is -0.198. The van der Waals surface area contributed by atoms with Crippen molar-refractivity contribution in [2.24, 2.45) is 0 Å². The highest BCUT2D eigenvalue weighted by Crippen LogP contribution is 2.38. The lowest BCUT2D eigenvalue weighted by molar-refractivity contribution is -0.870. The predicted octanol–water partition coefficient (Wildman–Crippen LogP) is 22.0. The molecule has 0 spiro atoms. The van der Waals surface area contributed by atoms with E-state index >= 15 is 0 Å². The van der Waals surface area contributed by atoms with Gasteiger partial charge in [-0.25, -0.2) is 0 Å². The maximum Gasteiger partial charge on any atom is 0.268 e. The Morgan fingerprint density at radius 3 is 1.01 bits per heavy atom. The molecule has 0 fully saturated rings. The van der Waals surface area contributed by atoms with Crippen molar-refractivity contribution in [3.8, 4) is 0 Å². The fourth-order valence-electron chi connectivity index (χ4n) is 11.1. The first-order chi connectivity index (χ1) is 39.0.